The number of phenolic OH excluding ortho intramolecular Hbond substituents is 5. The number of hydrogen-bond acceptors (Lipinski definition) is 6. The Bertz CT molecular complexity index is 956. The van der Waals surface area contributed by atoms with Gasteiger partial charge in [-0.2, -0.15) is 0 Å². The van der Waals surface area contributed by atoms with Crippen LogP contribution in [0.3, 0.4) is 0 Å². The molecule has 0 aromatic heterocycles. The maximum Gasteiger partial charge on any atom is 0.335 e. The van der Waals surface area contributed by atoms with Gasteiger partial charge in [0.25, 0.3) is 0 Å². The summed E-state index contributed by atoms with van der Waals surface area (Å²) in [6.07, 6.45) is 2.08. The molecule has 3 rings (SSSR count). The van der Waals surface area contributed by atoms with Crippen LogP contribution in [0, 0.1) is 0 Å². The van der Waals surface area contributed by atoms with Crippen LogP contribution in [0.1, 0.15) is 48.2 Å². The van der Waals surface area contributed by atoms with Gasteiger partial charge >= 0.3 is 5.97 Å². The van der Waals surface area contributed by atoms with E-state index >= 15 is 0 Å². The predicted molar refractivity (Wildman–Crippen MR) is 116 cm³/mol. The summed E-state index contributed by atoms with van der Waals surface area (Å²) in [5.41, 5.74) is 1.97. The Labute approximate surface area is 180 Å². The second kappa shape index (κ2) is 9.75. The van der Waals surface area contributed by atoms with Gasteiger partial charge in [0, 0.05) is 5.41 Å². The van der Waals surface area contributed by atoms with Crippen molar-refractivity contribution in [3.05, 3.63) is 77.4 Å². The van der Waals surface area contributed by atoms with Gasteiger partial charge < -0.3 is 30.6 Å². The van der Waals surface area contributed by atoms with E-state index in [4.69, 9.17) is 20.4 Å². The maximum atomic E-state index is 10.3. The first kappa shape index (κ1) is 23.4. The summed E-state index contributed by atoms with van der Waals surface area (Å²) in [5.74, 6) is -2.76. The standard InChI is InChI=1S/C17H20O2.C7H6O5/c1-3-12-17(2,13-4-8-15(18)9-5-13)14-6-10-16(19)11-7-14;8-4-1-3(7(11)12)2-5(9)6(4)10/h4-11,18-19H,3,12H2,1-2H3;1-2,8-10H,(H,11,12). The van der Waals surface area contributed by atoms with Crippen LogP contribution in [0.2, 0.25) is 0 Å². The molecule has 0 aliphatic carbocycles. The van der Waals surface area contributed by atoms with E-state index in [0.29, 0.717) is 0 Å². The molecule has 7 nitrogen and oxygen atoms in total. The summed E-state index contributed by atoms with van der Waals surface area (Å²) in [7, 11) is 0. The number of hydrogen-bond donors (Lipinski definition) is 6. The van der Waals surface area contributed by atoms with Crippen LogP contribution in [0.25, 0.3) is 0 Å². The minimum absolute atomic E-state index is 0.101. The van der Waals surface area contributed by atoms with E-state index in [9.17, 15) is 15.0 Å². The quantitative estimate of drug-likeness (QED) is 0.325. The Hall–Kier alpha value is -3.87. The molecule has 0 unspecified atom stereocenters. The molecular weight excluding hydrogens is 400 g/mol. The lowest BCUT2D eigenvalue weighted by atomic mass is 9.73. The molecule has 0 heterocycles. The maximum absolute atomic E-state index is 10.3. The van der Waals surface area contributed by atoms with Gasteiger partial charge in [0.05, 0.1) is 5.56 Å². The average Bonchev–Trinajstić information content (AvgIpc) is 2.73. The number of phenols is 5. The van der Waals surface area contributed by atoms with Gasteiger partial charge in [-0.15, -0.1) is 0 Å². The highest BCUT2D eigenvalue weighted by molar-refractivity contribution is 5.89. The lowest BCUT2D eigenvalue weighted by Crippen LogP contribution is -2.23. The molecule has 0 bridgehead atoms. The Kier molecular flexibility index (Phi) is 7.37. The van der Waals surface area contributed by atoms with Gasteiger partial charge in [0.2, 0.25) is 0 Å². The third kappa shape index (κ3) is 5.60. The van der Waals surface area contributed by atoms with Gasteiger partial charge in [-0.1, -0.05) is 44.5 Å². The summed E-state index contributed by atoms with van der Waals surface area (Å²) in [4.78, 5) is 10.3. The van der Waals surface area contributed by atoms with Gasteiger partial charge in [-0.3, -0.25) is 0 Å². The Balaban J connectivity index is 0.000000245. The van der Waals surface area contributed by atoms with Crippen molar-refractivity contribution in [2.75, 3.05) is 0 Å². The summed E-state index contributed by atoms with van der Waals surface area (Å²) < 4.78 is 0. The SMILES string of the molecule is CCCC(C)(c1ccc(O)cc1)c1ccc(O)cc1.O=C(O)c1cc(O)c(O)c(O)c1. The van der Waals surface area contributed by atoms with Crippen LogP contribution in [-0.4, -0.2) is 36.6 Å². The topological polar surface area (TPSA) is 138 Å². The molecule has 164 valence electrons. The third-order valence-corrected chi connectivity index (χ3v) is 5.08. The fourth-order valence-electron chi connectivity index (χ4n) is 3.34. The van der Waals surface area contributed by atoms with Crippen LogP contribution in [-0.2, 0) is 5.41 Å². The number of rotatable bonds is 5. The van der Waals surface area contributed by atoms with Crippen molar-refractivity contribution >= 4 is 5.97 Å². The Morgan fingerprint density at radius 3 is 1.48 bits per heavy atom. The molecule has 0 spiro atoms. The van der Waals surface area contributed by atoms with E-state index in [1.165, 1.54) is 11.1 Å². The van der Waals surface area contributed by atoms with Crippen molar-refractivity contribution in [2.45, 2.75) is 32.1 Å². The Morgan fingerprint density at radius 2 is 1.16 bits per heavy atom. The summed E-state index contributed by atoms with van der Waals surface area (Å²) in [5, 5.41) is 53.8. The number of carboxylic acids is 1. The molecule has 31 heavy (non-hydrogen) atoms. The van der Waals surface area contributed by atoms with Crippen molar-refractivity contribution in [2.24, 2.45) is 0 Å². The second-order valence-electron chi connectivity index (χ2n) is 7.34. The first-order chi connectivity index (χ1) is 14.6. The van der Waals surface area contributed by atoms with Crippen molar-refractivity contribution in [3.8, 4) is 28.7 Å². The van der Waals surface area contributed by atoms with Crippen molar-refractivity contribution in [1.29, 1.82) is 0 Å². The van der Waals surface area contributed by atoms with Gasteiger partial charge in [-0.25, -0.2) is 4.79 Å². The molecule has 3 aromatic carbocycles. The molecule has 0 aliphatic rings. The second-order valence-corrected chi connectivity index (χ2v) is 7.34. The number of carbonyl (C=O) groups is 1. The molecule has 0 atom stereocenters. The first-order valence-electron chi connectivity index (χ1n) is 9.65. The van der Waals surface area contributed by atoms with Gasteiger partial charge in [0.1, 0.15) is 11.5 Å². The zero-order valence-electron chi connectivity index (χ0n) is 17.3. The van der Waals surface area contributed by atoms with Crippen LogP contribution in [0.4, 0.5) is 0 Å². The van der Waals surface area contributed by atoms with Crippen LogP contribution < -0.4 is 0 Å². The zero-order valence-corrected chi connectivity index (χ0v) is 17.3. The summed E-state index contributed by atoms with van der Waals surface area (Å²) >= 11 is 0. The van der Waals surface area contributed by atoms with Crippen LogP contribution in [0.15, 0.2) is 60.7 Å². The molecule has 0 radical (unpaired) electrons. The van der Waals surface area contributed by atoms with E-state index in [0.717, 1.165) is 25.0 Å². The third-order valence-electron chi connectivity index (χ3n) is 5.08. The lowest BCUT2D eigenvalue weighted by molar-refractivity contribution is 0.0696. The van der Waals surface area contributed by atoms with E-state index in [1.54, 1.807) is 24.3 Å². The van der Waals surface area contributed by atoms with Crippen molar-refractivity contribution in [1.82, 2.24) is 0 Å². The molecular formula is C24H26O7. The number of aromatic hydroxyl groups is 5. The molecule has 7 heteroatoms. The van der Waals surface area contributed by atoms with E-state index in [1.807, 2.05) is 24.3 Å². The monoisotopic (exact) mass is 426 g/mol. The highest BCUT2D eigenvalue weighted by atomic mass is 16.4. The molecule has 0 fully saturated rings. The number of benzene rings is 3. The normalized spacial score (nSPS) is 10.8. The van der Waals surface area contributed by atoms with E-state index in [2.05, 4.69) is 13.8 Å². The fraction of sp³-hybridized carbons (Fsp3) is 0.208. The zero-order chi connectivity index (χ0) is 23.2. The lowest BCUT2D eigenvalue weighted by Gasteiger charge is -2.31. The molecule has 0 amide bonds. The van der Waals surface area contributed by atoms with E-state index < -0.39 is 23.2 Å². The highest BCUT2D eigenvalue weighted by Gasteiger charge is 2.27. The van der Waals surface area contributed by atoms with Gasteiger partial charge in [-0.05, 0) is 53.9 Å². The number of carboxylic acid groups (broad SMARTS) is 1. The first-order valence-corrected chi connectivity index (χ1v) is 9.65. The molecule has 0 saturated carbocycles. The predicted octanol–water partition coefficient (Wildman–Crippen LogP) is 4.71. The van der Waals surface area contributed by atoms with Crippen LogP contribution >= 0.6 is 0 Å². The van der Waals surface area contributed by atoms with Crippen molar-refractivity contribution in [3.63, 3.8) is 0 Å². The van der Waals surface area contributed by atoms with E-state index in [-0.39, 0.29) is 22.5 Å². The number of aromatic carboxylic acids is 1. The van der Waals surface area contributed by atoms with Crippen LogP contribution in [0.5, 0.6) is 28.7 Å². The largest absolute Gasteiger partial charge is 0.508 e. The smallest absolute Gasteiger partial charge is 0.335 e. The molecule has 3 aromatic rings. The molecule has 0 saturated heterocycles. The highest BCUT2D eigenvalue weighted by Crippen LogP contribution is 2.37. The minimum Gasteiger partial charge on any atom is -0.508 e. The van der Waals surface area contributed by atoms with Crippen molar-refractivity contribution < 1.29 is 35.4 Å². The average molecular weight is 426 g/mol. The Morgan fingerprint density at radius 1 is 0.774 bits per heavy atom. The van der Waals surface area contributed by atoms with Gasteiger partial charge in [0.15, 0.2) is 17.2 Å². The minimum atomic E-state index is -1.29. The summed E-state index contributed by atoms with van der Waals surface area (Å²) in [6.45, 7) is 4.37. The fourth-order valence-corrected chi connectivity index (χ4v) is 3.34. The molecule has 6 N–H and O–H groups in total. The summed E-state index contributed by atoms with van der Waals surface area (Å²) in [6, 6.07) is 16.5. The molecule has 0 aliphatic heterocycles.